The molecule has 0 unspecified atom stereocenters. The molecule has 17 heavy (non-hydrogen) atoms. The molecule has 1 aromatic carbocycles. The van der Waals surface area contributed by atoms with Crippen molar-refractivity contribution >= 4 is 27.3 Å². The highest BCUT2D eigenvalue weighted by atomic mass is 79.9. The summed E-state index contributed by atoms with van der Waals surface area (Å²) in [5, 5.41) is 11.9. The molecule has 2 N–H and O–H groups in total. The molecule has 2 rings (SSSR count). The van der Waals surface area contributed by atoms with Gasteiger partial charge >= 0.3 is 0 Å². The summed E-state index contributed by atoms with van der Waals surface area (Å²) in [6.45, 7) is 0. The van der Waals surface area contributed by atoms with Crippen LogP contribution in [0, 0.1) is 11.3 Å². The minimum absolute atomic E-state index is 0.0791. The third kappa shape index (κ3) is 2.55. The van der Waals surface area contributed by atoms with Gasteiger partial charge < -0.3 is 10.3 Å². The van der Waals surface area contributed by atoms with Crippen LogP contribution in [0.5, 0.6) is 0 Å². The van der Waals surface area contributed by atoms with Gasteiger partial charge in [-0.3, -0.25) is 4.79 Å². The third-order valence-corrected chi connectivity index (χ3v) is 2.72. The number of benzene rings is 1. The van der Waals surface area contributed by atoms with Crippen molar-refractivity contribution in [1.82, 2.24) is 4.98 Å². The maximum atomic E-state index is 11.4. The second-order valence-electron chi connectivity index (χ2n) is 3.34. The van der Waals surface area contributed by atoms with Crippen LogP contribution in [0.1, 0.15) is 5.56 Å². The monoisotopic (exact) mass is 289 g/mol. The predicted molar refractivity (Wildman–Crippen MR) is 69.2 cm³/mol. The van der Waals surface area contributed by atoms with E-state index in [-0.39, 0.29) is 5.56 Å². The van der Waals surface area contributed by atoms with E-state index in [1.54, 1.807) is 6.07 Å². The largest absolute Gasteiger partial charge is 0.354 e. The second kappa shape index (κ2) is 4.85. The molecule has 1 aromatic heterocycles. The molecule has 0 fully saturated rings. The zero-order valence-corrected chi connectivity index (χ0v) is 10.3. The number of nitrogens with one attached hydrogen (secondary N) is 2. The van der Waals surface area contributed by atoms with Crippen LogP contribution in [0.3, 0.4) is 0 Å². The van der Waals surface area contributed by atoms with Crippen LogP contribution in [0.4, 0.5) is 11.4 Å². The summed E-state index contributed by atoms with van der Waals surface area (Å²) in [7, 11) is 0. The van der Waals surface area contributed by atoms with E-state index in [0.29, 0.717) is 5.69 Å². The first kappa shape index (κ1) is 11.4. The third-order valence-electron chi connectivity index (χ3n) is 2.20. The van der Waals surface area contributed by atoms with E-state index in [4.69, 9.17) is 5.26 Å². The summed E-state index contributed by atoms with van der Waals surface area (Å²) in [6.07, 6.45) is 1.50. The summed E-state index contributed by atoms with van der Waals surface area (Å²) in [5.41, 5.74) is 0.999. The van der Waals surface area contributed by atoms with Crippen molar-refractivity contribution in [1.29, 1.82) is 5.26 Å². The van der Waals surface area contributed by atoms with Crippen molar-refractivity contribution < 1.29 is 0 Å². The Morgan fingerprint density at radius 2 is 1.94 bits per heavy atom. The molecule has 0 radical (unpaired) electrons. The van der Waals surface area contributed by atoms with Gasteiger partial charge in [0.2, 0.25) is 0 Å². The number of aromatic amines is 1. The van der Waals surface area contributed by atoms with E-state index in [0.717, 1.165) is 10.2 Å². The van der Waals surface area contributed by atoms with Crippen LogP contribution in [0.2, 0.25) is 0 Å². The Morgan fingerprint density at radius 3 is 2.59 bits per heavy atom. The average Bonchev–Trinajstić information content (AvgIpc) is 2.32. The van der Waals surface area contributed by atoms with Crippen molar-refractivity contribution in [2.24, 2.45) is 0 Å². The number of H-pyrrole nitrogens is 1. The van der Waals surface area contributed by atoms with Gasteiger partial charge in [0.15, 0.2) is 0 Å². The fourth-order valence-electron chi connectivity index (χ4n) is 1.38. The lowest BCUT2D eigenvalue weighted by Gasteiger charge is -2.07. The van der Waals surface area contributed by atoms with E-state index in [9.17, 15) is 4.79 Å². The lowest BCUT2D eigenvalue weighted by molar-refractivity contribution is 1.21. The molecular weight excluding hydrogens is 282 g/mol. The minimum atomic E-state index is -0.394. The van der Waals surface area contributed by atoms with Gasteiger partial charge in [-0.15, -0.1) is 0 Å². The first-order chi connectivity index (χ1) is 8.20. The topological polar surface area (TPSA) is 68.7 Å². The van der Waals surface area contributed by atoms with Gasteiger partial charge in [0, 0.05) is 16.4 Å². The Bertz CT molecular complexity index is 625. The first-order valence-corrected chi connectivity index (χ1v) is 5.64. The van der Waals surface area contributed by atoms with Crippen LogP contribution >= 0.6 is 15.9 Å². The highest BCUT2D eigenvalue weighted by Gasteiger charge is 2.05. The molecule has 0 spiro atoms. The van der Waals surface area contributed by atoms with Gasteiger partial charge in [-0.1, -0.05) is 15.9 Å². The number of hydrogen-bond acceptors (Lipinski definition) is 3. The molecule has 0 atom stereocenters. The number of halogens is 1. The molecule has 0 aliphatic heterocycles. The van der Waals surface area contributed by atoms with E-state index >= 15 is 0 Å². The van der Waals surface area contributed by atoms with Crippen LogP contribution < -0.4 is 10.9 Å². The van der Waals surface area contributed by atoms with Gasteiger partial charge in [-0.05, 0) is 30.3 Å². The molecule has 0 aliphatic rings. The van der Waals surface area contributed by atoms with Crippen molar-refractivity contribution in [3.8, 4) is 6.07 Å². The van der Waals surface area contributed by atoms with Gasteiger partial charge in [-0.2, -0.15) is 5.26 Å². The van der Waals surface area contributed by atoms with E-state index < -0.39 is 5.56 Å². The lowest BCUT2D eigenvalue weighted by atomic mass is 10.2. The predicted octanol–water partition coefficient (Wildman–Crippen LogP) is 2.75. The zero-order valence-electron chi connectivity index (χ0n) is 8.70. The molecule has 84 valence electrons. The SMILES string of the molecule is N#Cc1c(Nc2ccc(Br)cc2)cc[nH]c1=O. The fraction of sp³-hybridized carbons (Fsp3) is 0. The van der Waals surface area contributed by atoms with Gasteiger partial charge in [0.25, 0.3) is 5.56 Å². The van der Waals surface area contributed by atoms with Crippen LogP contribution in [0.15, 0.2) is 45.8 Å². The molecule has 0 saturated carbocycles. The Morgan fingerprint density at radius 1 is 1.24 bits per heavy atom. The van der Waals surface area contributed by atoms with Crippen LogP contribution in [-0.4, -0.2) is 4.98 Å². The van der Waals surface area contributed by atoms with E-state index in [2.05, 4.69) is 26.2 Å². The molecule has 0 saturated heterocycles. The Labute approximate surface area is 106 Å². The average molecular weight is 290 g/mol. The van der Waals surface area contributed by atoms with Gasteiger partial charge in [0.05, 0.1) is 5.69 Å². The Balaban J connectivity index is 2.37. The number of nitrogens with zero attached hydrogens (tertiary/aromatic N) is 1. The molecule has 2 aromatic rings. The summed E-state index contributed by atoms with van der Waals surface area (Å²) >= 11 is 3.34. The summed E-state index contributed by atoms with van der Waals surface area (Å²) < 4.78 is 0.967. The normalized spacial score (nSPS) is 9.65. The number of pyridine rings is 1. The van der Waals surface area contributed by atoms with Crippen molar-refractivity contribution in [2.45, 2.75) is 0 Å². The Hall–Kier alpha value is -2.06. The first-order valence-electron chi connectivity index (χ1n) is 4.85. The van der Waals surface area contributed by atoms with E-state index in [1.165, 1.54) is 6.20 Å². The van der Waals surface area contributed by atoms with Gasteiger partial charge in [-0.25, -0.2) is 0 Å². The van der Waals surface area contributed by atoms with Crippen molar-refractivity contribution in [3.63, 3.8) is 0 Å². The number of aromatic nitrogens is 1. The van der Waals surface area contributed by atoms with Crippen molar-refractivity contribution in [3.05, 3.63) is 56.9 Å². The molecule has 5 heteroatoms. The molecule has 4 nitrogen and oxygen atoms in total. The Kier molecular flexibility index (Phi) is 3.26. The molecular formula is C12H8BrN3O. The van der Waals surface area contributed by atoms with E-state index in [1.807, 2.05) is 30.3 Å². The quantitative estimate of drug-likeness (QED) is 0.893. The molecule has 0 amide bonds. The summed E-state index contributed by atoms with van der Waals surface area (Å²) in [4.78, 5) is 13.9. The highest BCUT2D eigenvalue weighted by molar-refractivity contribution is 9.10. The highest BCUT2D eigenvalue weighted by Crippen LogP contribution is 2.19. The fourth-order valence-corrected chi connectivity index (χ4v) is 1.65. The van der Waals surface area contributed by atoms with Crippen LogP contribution in [0.25, 0.3) is 0 Å². The van der Waals surface area contributed by atoms with Crippen molar-refractivity contribution in [2.75, 3.05) is 5.32 Å². The number of rotatable bonds is 2. The zero-order chi connectivity index (χ0) is 12.3. The smallest absolute Gasteiger partial charge is 0.268 e. The number of hydrogen-bond donors (Lipinski definition) is 2. The number of nitriles is 1. The molecule has 1 heterocycles. The second-order valence-corrected chi connectivity index (χ2v) is 4.25. The summed E-state index contributed by atoms with van der Waals surface area (Å²) in [5.74, 6) is 0. The van der Waals surface area contributed by atoms with Crippen LogP contribution in [-0.2, 0) is 0 Å². The lowest BCUT2D eigenvalue weighted by Crippen LogP contribution is -2.11. The molecule has 0 aliphatic carbocycles. The number of anilines is 2. The maximum Gasteiger partial charge on any atom is 0.268 e. The maximum absolute atomic E-state index is 11.4. The minimum Gasteiger partial charge on any atom is -0.354 e. The van der Waals surface area contributed by atoms with Gasteiger partial charge in [0.1, 0.15) is 11.6 Å². The summed E-state index contributed by atoms with van der Waals surface area (Å²) in [6, 6.07) is 11.0. The molecule has 0 bridgehead atoms. The standard InChI is InChI=1S/C12H8BrN3O/c13-8-1-3-9(4-2-8)16-11-5-6-15-12(17)10(11)7-14/h1-6H,(H2,15,16,17).